The molecule has 8 rings (SSSR count). The number of fused-ring (bicyclic) bond motifs is 4. The second-order valence-corrected chi connectivity index (χ2v) is 14.8. The molecular weight excluding hydrogens is 654 g/mol. The number of phenolic OH excluding ortho intramolecular Hbond substituents is 2. The fraction of sp³-hybridized carbons (Fsp3) is 0.302. The number of likely N-dealkylation sites (tertiary alicyclic amines) is 1. The van der Waals surface area contributed by atoms with E-state index in [1.165, 1.54) is 4.90 Å². The van der Waals surface area contributed by atoms with E-state index in [1.807, 2.05) is 87.5 Å². The molecule has 2 saturated heterocycles. The molecule has 3 N–H and O–H groups in total. The number of amides is 4. The molecular formula is C43H41N3O6. The van der Waals surface area contributed by atoms with Crippen molar-refractivity contribution in [3.63, 3.8) is 0 Å². The van der Waals surface area contributed by atoms with E-state index < -0.39 is 35.0 Å². The van der Waals surface area contributed by atoms with E-state index in [9.17, 15) is 24.6 Å². The van der Waals surface area contributed by atoms with Gasteiger partial charge < -0.3 is 10.2 Å². The topological polar surface area (TPSA) is 127 Å². The van der Waals surface area contributed by atoms with Crippen molar-refractivity contribution < 1.29 is 29.4 Å². The number of nitrogens with one attached hydrogen (secondary N) is 1. The molecule has 4 amide bonds. The summed E-state index contributed by atoms with van der Waals surface area (Å²) in [5, 5.41) is 21.7. The van der Waals surface area contributed by atoms with Gasteiger partial charge in [-0.15, -0.1) is 0 Å². The van der Waals surface area contributed by atoms with Crippen LogP contribution in [-0.4, -0.2) is 50.3 Å². The summed E-state index contributed by atoms with van der Waals surface area (Å²) in [6.07, 6.45) is 3.06. The molecule has 0 spiro atoms. The van der Waals surface area contributed by atoms with E-state index in [2.05, 4.69) is 11.5 Å². The molecule has 4 aliphatic rings. The molecule has 4 aromatic rings. The third kappa shape index (κ3) is 5.05. The van der Waals surface area contributed by atoms with Gasteiger partial charge in [-0.2, -0.15) is 5.01 Å². The molecule has 0 radical (unpaired) electrons. The second-order valence-electron chi connectivity index (χ2n) is 14.8. The molecule has 2 aliphatic heterocycles. The van der Waals surface area contributed by atoms with Crippen molar-refractivity contribution in [3.05, 3.63) is 136 Å². The molecule has 52 heavy (non-hydrogen) atoms. The van der Waals surface area contributed by atoms with Crippen molar-refractivity contribution >= 4 is 29.3 Å². The average Bonchev–Trinajstić information content (AvgIpc) is 3.51. The highest BCUT2D eigenvalue weighted by atomic mass is 16.3. The smallest absolute Gasteiger partial charge is 0.260 e. The van der Waals surface area contributed by atoms with Gasteiger partial charge in [0.15, 0.2) is 0 Å². The lowest BCUT2D eigenvalue weighted by atomic mass is 9.49. The van der Waals surface area contributed by atoms with Crippen LogP contribution in [0.25, 0.3) is 0 Å². The van der Waals surface area contributed by atoms with Crippen LogP contribution in [-0.2, 0) is 31.0 Å². The number of allylic oxidation sites excluding steroid dienone is 2. The average molecular weight is 696 g/mol. The second kappa shape index (κ2) is 12.5. The minimum absolute atomic E-state index is 0.145. The Hall–Kier alpha value is -5.70. The summed E-state index contributed by atoms with van der Waals surface area (Å²) >= 11 is 0. The number of imide groups is 2. The first-order valence-corrected chi connectivity index (χ1v) is 17.9. The van der Waals surface area contributed by atoms with Crippen LogP contribution in [0.5, 0.6) is 11.5 Å². The lowest BCUT2D eigenvalue weighted by Crippen LogP contribution is -2.53. The van der Waals surface area contributed by atoms with Crippen molar-refractivity contribution in [2.75, 3.05) is 12.0 Å². The van der Waals surface area contributed by atoms with Crippen LogP contribution in [0.2, 0.25) is 0 Å². The number of hydrogen-bond acceptors (Lipinski definition) is 7. The Morgan fingerprint density at radius 3 is 2.13 bits per heavy atom. The quantitative estimate of drug-likeness (QED) is 0.154. The summed E-state index contributed by atoms with van der Waals surface area (Å²) in [7, 11) is 0. The van der Waals surface area contributed by atoms with Crippen LogP contribution in [0, 0.1) is 44.4 Å². The number of rotatable bonds is 7. The normalized spacial score (nSPS) is 26.6. The van der Waals surface area contributed by atoms with E-state index in [0.717, 1.165) is 27.3 Å². The van der Waals surface area contributed by atoms with Crippen LogP contribution in [0.3, 0.4) is 0 Å². The first kappa shape index (κ1) is 33.4. The van der Waals surface area contributed by atoms with Gasteiger partial charge in [-0.3, -0.25) is 29.5 Å². The zero-order valence-electron chi connectivity index (χ0n) is 29.4. The first-order valence-electron chi connectivity index (χ1n) is 17.9. The highest BCUT2D eigenvalue weighted by Gasteiger charge is 2.70. The highest BCUT2D eigenvalue weighted by Crippen LogP contribution is 2.64. The van der Waals surface area contributed by atoms with Crippen molar-refractivity contribution in [2.45, 2.75) is 51.4 Å². The fourth-order valence-electron chi connectivity index (χ4n) is 9.47. The standard InChI is InChI=1S/C43H41N3O6/c1-24-9-13-30(14-10-24)44-46-40(50)35-23-34-32(17-18-33-36(34)41(51)45(39(33)49)20-19-27-11-15-31(47)16-12-27)37(28-21-25(2)38(48)26(3)22-28)43(35,42(46)52)29-7-5-4-6-8-29/h4-17,21-22,33-37,44,47-48H,18-20,23H2,1-3H3. The van der Waals surface area contributed by atoms with Crippen LogP contribution in [0.4, 0.5) is 5.69 Å². The number of carbonyl (C=O) groups excluding carboxylic acids is 4. The third-order valence-corrected chi connectivity index (χ3v) is 11.9. The lowest BCUT2D eigenvalue weighted by Gasteiger charge is -2.50. The Morgan fingerprint density at radius 1 is 0.788 bits per heavy atom. The summed E-state index contributed by atoms with van der Waals surface area (Å²) in [6.45, 7) is 5.82. The lowest BCUT2D eigenvalue weighted by molar-refractivity contribution is -0.141. The minimum atomic E-state index is -1.37. The van der Waals surface area contributed by atoms with E-state index in [4.69, 9.17) is 0 Å². The predicted octanol–water partition coefficient (Wildman–Crippen LogP) is 6.25. The van der Waals surface area contributed by atoms with Crippen LogP contribution < -0.4 is 5.43 Å². The third-order valence-electron chi connectivity index (χ3n) is 11.9. The van der Waals surface area contributed by atoms with Gasteiger partial charge in [0, 0.05) is 12.5 Å². The Bertz CT molecular complexity index is 2120. The highest BCUT2D eigenvalue weighted by molar-refractivity contribution is 6.13. The largest absolute Gasteiger partial charge is 0.508 e. The molecule has 4 aromatic carbocycles. The Balaban J connectivity index is 1.26. The molecule has 1 saturated carbocycles. The van der Waals surface area contributed by atoms with E-state index in [1.54, 1.807) is 24.3 Å². The van der Waals surface area contributed by atoms with Gasteiger partial charge in [-0.1, -0.05) is 83.9 Å². The summed E-state index contributed by atoms with van der Waals surface area (Å²) in [5.41, 5.74) is 7.94. The van der Waals surface area contributed by atoms with Gasteiger partial charge in [0.05, 0.1) is 28.9 Å². The number of benzene rings is 4. The minimum Gasteiger partial charge on any atom is -0.508 e. The Kier molecular flexibility index (Phi) is 8.05. The van der Waals surface area contributed by atoms with Crippen molar-refractivity contribution in [3.8, 4) is 11.5 Å². The van der Waals surface area contributed by atoms with Gasteiger partial charge in [0.1, 0.15) is 11.5 Å². The van der Waals surface area contributed by atoms with E-state index in [0.29, 0.717) is 35.2 Å². The van der Waals surface area contributed by atoms with Crippen LogP contribution >= 0.6 is 0 Å². The van der Waals surface area contributed by atoms with Crippen molar-refractivity contribution in [1.82, 2.24) is 9.91 Å². The molecule has 3 fully saturated rings. The number of hydrogen-bond donors (Lipinski definition) is 3. The summed E-state index contributed by atoms with van der Waals surface area (Å²) < 4.78 is 0. The maximum atomic E-state index is 15.3. The van der Waals surface area contributed by atoms with Gasteiger partial charge in [0.2, 0.25) is 11.8 Å². The molecule has 9 heteroatoms. The molecule has 2 aliphatic carbocycles. The molecule has 6 unspecified atom stereocenters. The fourth-order valence-corrected chi connectivity index (χ4v) is 9.47. The van der Waals surface area contributed by atoms with Crippen molar-refractivity contribution in [1.29, 1.82) is 0 Å². The van der Waals surface area contributed by atoms with Crippen molar-refractivity contribution in [2.24, 2.45) is 23.7 Å². The summed E-state index contributed by atoms with van der Waals surface area (Å²) in [4.78, 5) is 59.9. The van der Waals surface area contributed by atoms with Gasteiger partial charge in [-0.25, -0.2) is 0 Å². The zero-order chi connectivity index (χ0) is 36.5. The molecule has 2 heterocycles. The maximum absolute atomic E-state index is 15.3. The number of nitrogens with zero attached hydrogens (tertiary/aromatic N) is 2. The Labute approximate surface area is 302 Å². The summed E-state index contributed by atoms with van der Waals surface area (Å²) in [6, 6.07) is 27.5. The number of anilines is 1. The summed E-state index contributed by atoms with van der Waals surface area (Å²) in [5.74, 6) is -4.14. The number of phenols is 2. The number of carbonyl (C=O) groups is 4. The molecule has 264 valence electrons. The van der Waals surface area contributed by atoms with E-state index in [-0.39, 0.29) is 48.1 Å². The van der Waals surface area contributed by atoms with Crippen LogP contribution in [0.1, 0.15) is 52.1 Å². The van der Waals surface area contributed by atoms with E-state index >= 15 is 4.79 Å². The number of hydrazine groups is 1. The van der Waals surface area contributed by atoms with Gasteiger partial charge in [-0.05, 0) is 98.0 Å². The molecule has 0 aromatic heterocycles. The molecule has 0 bridgehead atoms. The first-order chi connectivity index (χ1) is 25.0. The number of aromatic hydroxyl groups is 2. The number of aryl methyl sites for hydroxylation is 3. The predicted molar refractivity (Wildman–Crippen MR) is 195 cm³/mol. The maximum Gasteiger partial charge on any atom is 0.260 e. The zero-order valence-corrected chi connectivity index (χ0v) is 29.4. The van der Waals surface area contributed by atoms with Gasteiger partial charge >= 0.3 is 0 Å². The SMILES string of the molecule is Cc1ccc(NN2C(=O)C3CC4C(=CCC5C(=O)N(CCc6ccc(O)cc6)C(=O)C54)C(c4cc(C)c(O)c(C)c4)C3(c3ccccc3)C2=O)cc1. The van der Waals surface area contributed by atoms with Crippen LogP contribution in [0.15, 0.2) is 103 Å². The molecule has 9 nitrogen and oxygen atoms in total. The van der Waals surface area contributed by atoms with Gasteiger partial charge in [0.25, 0.3) is 11.8 Å². The Morgan fingerprint density at radius 2 is 1.46 bits per heavy atom. The molecule has 6 atom stereocenters. The monoisotopic (exact) mass is 695 g/mol.